The molecule has 0 radical (unpaired) electrons. The molecule has 1 amide bonds. The molecule has 124 valence electrons. The molecule has 2 aromatic heterocycles. The SMILES string of the molecule is Cc1noc2nc(C3CC3)cc(C(=O)NC(CO)CC(C)C)c12. The van der Waals surface area contributed by atoms with Gasteiger partial charge >= 0.3 is 0 Å². The number of hydrogen-bond donors (Lipinski definition) is 2. The second-order valence-corrected chi connectivity index (χ2v) is 6.80. The van der Waals surface area contributed by atoms with E-state index in [1.165, 1.54) is 0 Å². The molecule has 2 aromatic rings. The second kappa shape index (κ2) is 6.28. The Balaban J connectivity index is 1.93. The van der Waals surface area contributed by atoms with Crippen molar-refractivity contribution in [2.24, 2.45) is 5.92 Å². The zero-order valence-corrected chi connectivity index (χ0v) is 13.8. The fourth-order valence-corrected chi connectivity index (χ4v) is 2.89. The summed E-state index contributed by atoms with van der Waals surface area (Å²) in [7, 11) is 0. The molecule has 0 aromatic carbocycles. The first-order chi connectivity index (χ1) is 11.0. The Morgan fingerprint density at radius 2 is 2.22 bits per heavy atom. The number of rotatable bonds is 6. The van der Waals surface area contributed by atoms with Crippen LogP contribution in [0.25, 0.3) is 11.1 Å². The van der Waals surface area contributed by atoms with E-state index in [0.29, 0.717) is 34.2 Å². The zero-order valence-electron chi connectivity index (χ0n) is 13.8. The van der Waals surface area contributed by atoms with E-state index in [1.807, 2.05) is 6.07 Å². The van der Waals surface area contributed by atoms with Crippen LogP contribution in [-0.2, 0) is 0 Å². The van der Waals surface area contributed by atoms with E-state index in [1.54, 1.807) is 6.92 Å². The topological polar surface area (TPSA) is 88.2 Å². The molecular formula is C17H23N3O3. The summed E-state index contributed by atoms with van der Waals surface area (Å²) in [5, 5.41) is 17.0. The predicted octanol–water partition coefficient (Wildman–Crippen LogP) is 2.55. The van der Waals surface area contributed by atoms with Crippen LogP contribution >= 0.6 is 0 Å². The van der Waals surface area contributed by atoms with Crippen LogP contribution in [0, 0.1) is 12.8 Å². The van der Waals surface area contributed by atoms with Crippen molar-refractivity contribution in [3.8, 4) is 0 Å². The van der Waals surface area contributed by atoms with Crippen LogP contribution in [0.1, 0.15) is 60.8 Å². The molecule has 0 spiro atoms. The van der Waals surface area contributed by atoms with Gasteiger partial charge in [0, 0.05) is 11.6 Å². The van der Waals surface area contributed by atoms with Gasteiger partial charge in [-0.15, -0.1) is 0 Å². The largest absolute Gasteiger partial charge is 0.394 e. The van der Waals surface area contributed by atoms with Crippen molar-refractivity contribution >= 4 is 17.0 Å². The Morgan fingerprint density at radius 3 is 2.83 bits per heavy atom. The number of aryl methyl sites for hydroxylation is 1. The van der Waals surface area contributed by atoms with Crippen LogP contribution in [0.4, 0.5) is 0 Å². The number of carbonyl (C=O) groups excluding carboxylic acids is 1. The fraction of sp³-hybridized carbons (Fsp3) is 0.588. The van der Waals surface area contributed by atoms with Gasteiger partial charge in [-0.25, -0.2) is 4.98 Å². The van der Waals surface area contributed by atoms with Gasteiger partial charge in [0.05, 0.1) is 29.3 Å². The van der Waals surface area contributed by atoms with E-state index < -0.39 is 0 Å². The molecule has 6 nitrogen and oxygen atoms in total. The van der Waals surface area contributed by atoms with Crippen LogP contribution in [0.3, 0.4) is 0 Å². The highest BCUT2D eigenvalue weighted by atomic mass is 16.5. The molecule has 1 atom stereocenters. The summed E-state index contributed by atoms with van der Waals surface area (Å²) >= 11 is 0. The summed E-state index contributed by atoms with van der Waals surface area (Å²) in [6.07, 6.45) is 2.92. The summed E-state index contributed by atoms with van der Waals surface area (Å²) in [6.45, 7) is 5.86. The molecule has 0 aliphatic heterocycles. The van der Waals surface area contributed by atoms with Gasteiger partial charge in [-0.05, 0) is 38.2 Å². The normalized spacial score (nSPS) is 16.0. The third-order valence-electron chi connectivity index (χ3n) is 4.19. The maximum atomic E-state index is 12.7. The number of hydrogen-bond acceptors (Lipinski definition) is 5. The molecule has 23 heavy (non-hydrogen) atoms. The number of nitrogens with one attached hydrogen (secondary N) is 1. The smallest absolute Gasteiger partial charge is 0.259 e. The minimum absolute atomic E-state index is 0.0732. The quantitative estimate of drug-likeness (QED) is 0.855. The fourth-order valence-electron chi connectivity index (χ4n) is 2.89. The molecule has 2 N–H and O–H groups in total. The van der Waals surface area contributed by atoms with E-state index >= 15 is 0 Å². The van der Waals surface area contributed by atoms with E-state index in [2.05, 4.69) is 29.3 Å². The Labute approximate surface area is 135 Å². The van der Waals surface area contributed by atoms with Gasteiger partial charge in [0.15, 0.2) is 0 Å². The number of nitrogens with zero attached hydrogens (tertiary/aromatic N) is 2. The molecular weight excluding hydrogens is 294 g/mol. The van der Waals surface area contributed by atoms with E-state index in [0.717, 1.165) is 25.0 Å². The minimum atomic E-state index is -0.254. The molecule has 1 aliphatic rings. The number of aliphatic hydroxyl groups is 1. The van der Waals surface area contributed by atoms with Crippen molar-refractivity contribution in [1.29, 1.82) is 0 Å². The number of fused-ring (bicyclic) bond motifs is 1. The molecule has 1 fully saturated rings. The summed E-state index contributed by atoms with van der Waals surface area (Å²) in [4.78, 5) is 17.2. The van der Waals surface area contributed by atoms with Gasteiger partial charge in [-0.2, -0.15) is 0 Å². The lowest BCUT2D eigenvalue weighted by Crippen LogP contribution is -2.38. The lowest BCUT2D eigenvalue weighted by molar-refractivity contribution is 0.0910. The molecule has 0 bridgehead atoms. The van der Waals surface area contributed by atoms with Crippen LogP contribution in [0.2, 0.25) is 0 Å². The van der Waals surface area contributed by atoms with Crippen molar-refractivity contribution in [1.82, 2.24) is 15.5 Å². The Bertz CT molecular complexity index is 719. The zero-order chi connectivity index (χ0) is 16.6. The van der Waals surface area contributed by atoms with Crippen LogP contribution in [-0.4, -0.2) is 33.8 Å². The van der Waals surface area contributed by atoms with E-state index in [9.17, 15) is 9.90 Å². The van der Waals surface area contributed by atoms with Crippen molar-refractivity contribution in [3.05, 3.63) is 23.0 Å². The summed E-state index contributed by atoms with van der Waals surface area (Å²) in [6, 6.07) is 1.60. The lowest BCUT2D eigenvalue weighted by Gasteiger charge is -2.18. The summed E-state index contributed by atoms with van der Waals surface area (Å²) in [5.74, 6) is 0.607. The van der Waals surface area contributed by atoms with Crippen LogP contribution < -0.4 is 5.32 Å². The standard InChI is InChI=1S/C17H23N3O3/c1-9(2)6-12(8-21)18-16(22)13-7-14(11-4-5-11)19-17-15(13)10(3)20-23-17/h7,9,11-12,21H,4-6,8H2,1-3H3,(H,18,22). The molecule has 1 saturated carbocycles. The predicted molar refractivity (Wildman–Crippen MR) is 86.3 cm³/mol. The molecule has 6 heteroatoms. The first-order valence-corrected chi connectivity index (χ1v) is 8.18. The Hall–Kier alpha value is -1.95. The molecule has 1 unspecified atom stereocenters. The van der Waals surface area contributed by atoms with Crippen molar-refractivity contribution in [3.63, 3.8) is 0 Å². The second-order valence-electron chi connectivity index (χ2n) is 6.80. The minimum Gasteiger partial charge on any atom is -0.394 e. The lowest BCUT2D eigenvalue weighted by atomic mass is 10.0. The first-order valence-electron chi connectivity index (χ1n) is 8.18. The number of aliphatic hydroxyl groups excluding tert-OH is 1. The van der Waals surface area contributed by atoms with Crippen LogP contribution in [0.5, 0.6) is 0 Å². The van der Waals surface area contributed by atoms with Gasteiger partial charge in [-0.1, -0.05) is 19.0 Å². The van der Waals surface area contributed by atoms with Gasteiger partial charge in [0.2, 0.25) is 0 Å². The van der Waals surface area contributed by atoms with Crippen molar-refractivity contribution in [2.75, 3.05) is 6.61 Å². The monoisotopic (exact) mass is 317 g/mol. The van der Waals surface area contributed by atoms with Gasteiger partial charge in [-0.3, -0.25) is 4.79 Å². The average molecular weight is 317 g/mol. The van der Waals surface area contributed by atoms with Crippen molar-refractivity contribution in [2.45, 2.75) is 52.0 Å². The van der Waals surface area contributed by atoms with E-state index in [4.69, 9.17) is 4.52 Å². The highest BCUT2D eigenvalue weighted by Crippen LogP contribution is 2.40. The summed E-state index contributed by atoms with van der Waals surface area (Å²) in [5.41, 5.74) is 2.51. The summed E-state index contributed by atoms with van der Waals surface area (Å²) < 4.78 is 5.26. The first kappa shape index (κ1) is 15.9. The third-order valence-corrected chi connectivity index (χ3v) is 4.19. The molecule has 3 rings (SSSR count). The van der Waals surface area contributed by atoms with Gasteiger partial charge in [0.1, 0.15) is 0 Å². The average Bonchev–Trinajstić information content (AvgIpc) is 3.29. The van der Waals surface area contributed by atoms with Crippen LogP contribution in [0.15, 0.2) is 10.6 Å². The molecule has 0 saturated heterocycles. The van der Waals surface area contributed by atoms with E-state index in [-0.39, 0.29) is 18.6 Å². The number of aromatic nitrogens is 2. The number of carbonyl (C=O) groups is 1. The van der Waals surface area contributed by atoms with Crippen molar-refractivity contribution < 1.29 is 14.4 Å². The third kappa shape index (κ3) is 3.37. The Kier molecular flexibility index (Phi) is 4.35. The number of pyridine rings is 1. The highest BCUT2D eigenvalue weighted by molar-refractivity contribution is 6.06. The van der Waals surface area contributed by atoms with Gasteiger partial charge < -0.3 is 14.9 Å². The maximum Gasteiger partial charge on any atom is 0.259 e. The molecule has 1 aliphatic carbocycles. The highest BCUT2D eigenvalue weighted by Gasteiger charge is 2.29. The Morgan fingerprint density at radius 1 is 1.48 bits per heavy atom. The number of amides is 1. The molecule has 2 heterocycles. The van der Waals surface area contributed by atoms with Gasteiger partial charge in [0.25, 0.3) is 11.6 Å². The maximum absolute atomic E-state index is 12.7.